The molecule has 3 aromatic rings. The first-order valence-corrected chi connectivity index (χ1v) is 9.05. The lowest BCUT2D eigenvalue weighted by atomic mass is 10.1. The zero-order valence-electron chi connectivity index (χ0n) is 14.9. The summed E-state index contributed by atoms with van der Waals surface area (Å²) in [5, 5.41) is 8.66. The van der Waals surface area contributed by atoms with Gasteiger partial charge in [-0.3, -0.25) is 4.79 Å². The van der Waals surface area contributed by atoms with Crippen LogP contribution in [0, 0.1) is 0 Å². The van der Waals surface area contributed by atoms with E-state index in [4.69, 9.17) is 5.73 Å². The summed E-state index contributed by atoms with van der Waals surface area (Å²) in [5.74, 6) is 0.0119. The fourth-order valence-electron chi connectivity index (χ4n) is 3.67. The molecule has 0 aromatic carbocycles. The molecule has 136 valence electrons. The van der Waals surface area contributed by atoms with Gasteiger partial charge in [-0.2, -0.15) is 10.1 Å². The average Bonchev–Trinajstić information content (AvgIpc) is 3.08. The predicted molar refractivity (Wildman–Crippen MR) is 99.3 cm³/mol. The number of fused-ring (bicyclic) bond motifs is 1. The first-order valence-electron chi connectivity index (χ1n) is 9.05. The van der Waals surface area contributed by atoms with E-state index in [1.807, 2.05) is 10.9 Å². The molecule has 3 aromatic heterocycles. The number of nitrogens with two attached hydrogens (primary N) is 1. The second-order valence-electron chi connectivity index (χ2n) is 6.92. The number of nitrogens with zero attached hydrogens (tertiary/aromatic N) is 5. The maximum absolute atomic E-state index is 11.4. The normalized spacial score (nSPS) is 15.9. The predicted octanol–water partition coefficient (Wildman–Crippen LogP) is 2.90. The highest BCUT2D eigenvalue weighted by Gasteiger charge is 2.18. The number of carbonyl (C=O) groups excluding carboxylic acids is 1. The van der Waals surface area contributed by atoms with Crippen LogP contribution in [0.2, 0.25) is 0 Å². The highest BCUT2D eigenvalue weighted by molar-refractivity contribution is 5.92. The van der Waals surface area contributed by atoms with Crippen LogP contribution >= 0.6 is 0 Å². The Morgan fingerprint density at radius 2 is 2.00 bits per heavy atom. The Hall–Kier alpha value is -2.90. The monoisotopic (exact) mass is 353 g/mol. The zero-order chi connectivity index (χ0) is 18.1. The molecule has 0 aliphatic heterocycles. The van der Waals surface area contributed by atoms with Gasteiger partial charge in [-0.1, -0.05) is 25.7 Å². The van der Waals surface area contributed by atoms with Gasteiger partial charge < -0.3 is 15.6 Å². The van der Waals surface area contributed by atoms with Gasteiger partial charge in [-0.05, 0) is 18.9 Å². The lowest BCUT2D eigenvalue weighted by molar-refractivity contribution is 0.0992. The number of hydrogen-bond acceptors (Lipinski definition) is 5. The summed E-state index contributed by atoms with van der Waals surface area (Å²) < 4.78 is 3.73. The summed E-state index contributed by atoms with van der Waals surface area (Å²) in [4.78, 5) is 20.4. The van der Waals surface area contributed by atoms with E-state index in [1.54, 1.807) is 30.1 Å². The van der Waals surface area contributed by atoms with Crippen molar-refractivity contribution in [2.75, 3.05) is 5.32 Å². The number of rotatable bonds is 4. The molecule has 1 amide bonds. The molecule has 8 heteroatoms. The SMILES string of the molecule is Cn1cc(Nc2ncc3cnn(C4CCCCCC4)c3n2)cc1C(N)=O. The number of hydrogen-bond donors (Lipinski definition) is 2. The highest BCUT2D eigenvalue weighted by Crippen LogP contribution is 2.29. The van der Waals surface area contributed by atoms with E-state index >= 15 is 0 Å². The number of anilines is 2. The second-order valence-corrected chi connectivity index (χ2v) is 6.92. The number of amides is 1. The van der Waals surface area contributed by atoms with Crippen LogP contribution in [0.25, 0.3) is 11.0 Å². The Morgan fingerprint density at radius 3 is 2.69 bits per heavy atom. The summed E-state index contributed by atoms with van der Waals surface area (Å²) in [6, 6.07) is 2.09. The van der Waals surface area contributed by atoms with Crippen molar-refractivity contribution < 1.29 is 4.79 Å². The third kappa shape index (κ3) is 3.14. The second kappa shape index (κ2) is 6.78. The van der Waals surface area contributed by atoms with Gasteiger partial charge in [0.05, 0.1) is 23.3 Å². The van der Waals surface area contributed by atoms with Crippen LogP contribution in [-0.2, 0) is 7.05 Å². The van der Waals surface area contributed by atoms with Crippen LogP contribution < -0.4 is 11.1 Å². The maximum atomic E-state index is 11.4. The minimum atomic E-state index is -0.469. The fourth-order valence-corrected chi connectivity index (χ4v) is 3.67. The third-order valence-electron chi connectivity index (χ3n) is 5.02. The lowest BCUT2D eigenvalue weighted by Crippen LogP contribution is -2.14. The van der Waals surface area contributed by atoms with Crippen molar-refractivity contribution in [2.24, 2.45) is 12.8 Å². The van der Waals surface area contributed by atoms with Gasteiger partial charge in [0.25, 0.3) is 5.91 Å². The summed E-state index contributed by atoms with van der Waals surface area (Å²) in [6.45, 7) is 0. The molecule has 0 bridgehead atoms. The quantitative estimate of drug-likeness (QED) is 0.702. The van der Waals surface area contributed by atoms with Gasteiger partial charge in [0, 0.05) is 19.4 Å². The van der Waals surface area contributed by atoms with Gasteiger partial charge in [0.1, 0.15) is 5.69 Å². The van der Waals surface area contributed by atoms with E-state index in [2.05, 4.69) is 20.4 Å². The van der Waals surface area contributed by atoms with Crippen LogP contribution in [0.3, 0.4) is 0 Å². The third-order valence-corrected chi connectivity index (χ3v) is 5.02. The van der Waals surface area contributed by atoms with Crippen molar-refractivity contribution in [1.29, 1.82) is 0 Å². The number of aryl methyl sites for hydroxylation is 1. The van der Waals surface area contributed by atoms with Crippen molar-refractivity contribution in [3.8, 4) is 0 Å². The molecule has 0 spiro atoms. The summed E-state index contributed by atoms with van der Waals surface area (Å²) in [5.41, 5.74) is 7.37. The number of aromatic nitrogens is 5. The molecule has 8 nitrogen and oxygen atoms in total. The van der Waals surface area contributed by atoms with Crippen LogP contribution in [-0.4, -0.2) is 30.2 Å². The van der Waals surface area contributed by atoms with Gasteiger partial charge in [0.15, 0.2) is 5.65 Å². The molecule has 1 aliphatic rings. The van der Waals surface area contributed by atoms with E-state index in [0.717, 1.165) is 29.6 Å². The number of nitrogens with one attached hydrogen (secondary N) is 1. The summed E-state index contributed by atoms with van der Waals surface area (Å²) in [7, 11) is 1.77. The molecule has 3 heterocycles. The van der Waals surface area contributed by atoms with Crippen LogP contribution in [0.5, 0.6) is 0 Å². The first kappa shape index (κ1) is 16.6. The molecule has 1 saturated carbocycles. The van der Waals surface area contributed by atoms with Crippen LogP contribution in [0.4, 0.5) is 11.6 Å². The molecule has 0 unspecified atom stereocenters. The number of primary amides is 1. The van der Waals surface area contributed by atoms with Crippen molar-refractivity contribution in [3.63, 3.8) is 0 Å². The van der Waals surface area contributed by atoms with E-state index in [1.165, 1.54) is 25.7 Å². The minimum absolute atomic E-state index is 0.399. The molecular weight excluding hydrogens is 330 g/mol. The molecule has 4 rings (SSSR count). The standard InChI is InChI=1S/C18H23N7O/c1-24-11-13(8-15(24)16(19)26)22-18-20-9-12-10-21-25(17(12)23-18)14-6-4-2-3-5-7-14/h8-11,14H,2-7H2,1H3,(H2,19,26)(H,20,22,23). The highest BCUT2D eigenvalue weighted by atomic mass is 16.1. The Labute approximate surface area is 151 Å². The van der Waals surface area contributed by atoms with Gasteiger partial charge in [-0.25, -0.2) is 9.67 Å². The van der Waals surface area contributed by atoms with Crippen molar-refractivity contribution >= 4 is 28.6 Å². The van der Waals surface area contributed by atoms with Crippen molar-refractivity contribution in [1.82, 2.24) is 24.3 Å². The Morgan fingerprint density at radius 1 is 1.23 bits per heavy atom. The van der Waals surface area contributed by atoms with E-state index in [9.17, 15) is 4.79 Å². The zero-order valence-corrected chi connectivity index (χ0v) is 14.9. The fraction of sp³-hybridized carbons (Fsp3) is 0.444. The Bertz CT molecular complexity index is 934. The lowest BCUT2D eigenvalue weighted by Gasteiger charge is -2.15. The summed E-state index contributed by atoms with van der Waals surface area (Å²) >= 11 is 0. The van der Waals surface area contributed by atoms with Crippen LogP contribution in [0.15, 0.2) is 24.7 Å². The molecular formula is C18H23N7O. The topological polar surface area (TPSA) is 104 Å². The largest absolute Gasteiger partial charge is 0.364 e. The van der Waals surface area contributed by atoms with Crippen molar-refractivity contribution in [3.05, 3.63) is 30.4 Å². The van der Waals surface area contributed by atoms with E-state index in [0.29, 0.717) is 17.7 Å². The molecule has 26 heavy (non-hydrogen) atoms. The maximum Gasteiger partial charge on any atom is 0.265 e. The molecule has 0 atom stereocenters. The van der Waals surface area contributed by atoms with E-state index < -0.39 is 5.91 Å². The minimum Gasteiger partial charge on any atom is -0.364 e. The molecule has 3 N–H and O–H groups in total. The molecule has 1 aliphatic carbocycles. The Balaban J connectivity index is 1.63. The Kier molecular flexibility index (Phi) is 4.32. The smallest absolute Gasteiger partial charge is 0.265 e. The molecule has 0 radical (unpaired) electrons. The van der Waals surface area contributed by atoms with Gasteiger partial charge >= 0.3 is 0 Å². The van der Waals surface area contributed by atoms with Gasteiger partial charge in [-0.15, -0.1) is 0 Å². The van der Waals surface area contributed by atoms with E-state index in [-0.39, 0.29) is 0 Å². The number of carbonyl (C=O) groups is 1. The van der Waals surface area contributed by atoms with Crippen molar-refractivity contribution in [2.45, 2.75) is 44.6 Å². The first-order chi connectivity index (χ1) is 12.6. The molecule has 1 fully saturated rings. The van der Waals surface area contributed by atoms with Gasteiger partial charge in [0.2, 0.25) is 5.95 Å². The molecule has 0 saturated heterocycles. The average molecular weight is 353 g/mol. The van der Waals surface area contributed by atoms with Crippen LogP contribution in [0.1, 0.15) is 55.1 Å². The summed E-state index contributed by atoms with van der Waals surface area (Å²) in [6.07, 6.45) is 12.8.